The Morgan fingerprint density at radius 1 is 1.35 bits per heavy atom. The fourth-order valence-corrected chi connectivity index (χ4v) is 2.89. The van der Waals surface area contributed by atoms with Crippen LogP contribution in [0, 0.1) is 5.92 Å². The van der Waals surface area contributed by atoms with Crippen LogP contribution in [0.1, 0.15) is 42.7 Å². The van der Waals surface area contributed by atoms with E-state index in [0.717, 1.165) is 31.0 Å². The van der Waals surface area contributed by atoms with E-state index in [2.05, 4.69) is 48.5 Å². The fraction of sp³-hybridized carbons (Fsp3) is 0.500. The second kappa shape index (κ2) is 5.37. The maximum Gasteiger partial charge on any atom is 0.151 e. The molecule has 4 nitrogen and oxygen atoms in total. The van der Waals surface area contributed by atoms with Gasteiger partial charge < -0.3 is 5.32 Å². The molecule has 1 aromatic heterocycles. The summed E-state index contributed by atoms with van der Waals surface area (Å²) in [5, 5.41) is 8.14. The molecular formula is C16H22N4. The molecule has 4 heteroatoms. The Hall–Kier alpha value is -1.68. The van der Waals surface area contributed by atoms with Gasteiger partial charge in [-0.3, -0.25) is 4.68 Å². The number of hydrogen-bond acceptors (Lipinski definition) is 3. The molecule has 1 atom stereocenters. The zero-order valence-corrected chi connectivity index (χ0v) is 12.4. The first-order valence-corrected chi connectivity index (χ1v) is 7.36. The van der Waals surface area contributed by atoms with Crippen molar-refractivity contribution in [2.75, 3.05) is 6.54 Å². The largest absolute Gasteiger partial charge is 0.303 e. The van der Waals surface area contributed by atoms with Gasteiger partial charge in [-0.15, -0.1) is 0 Å². The summed E-state index contributed by atoms with van der Waals surface area (Å²) in [6, 6.07) is 8.79. The molecule has 0 amide bonds. The lowest BCUT2D eigenvalue weighted by Crippen LogP contribution is -2.32. The van der Waals surface area contributed by atoms with Gasteiger partial charge in [-0.2, -0.15) is 5.10 Å². The summed E-state index contributed by atoms with van der Waals surface area (Å²) in [5.74, 6) is 2.55. The van der Waals surface area contributed by atoms with Crippen molar-refractivity contribution in [1.29, 1.82) is 0 Å². The van der Waals surface area contributed by atoms with E-state index in [9.17, 15) is 0 Å². The minimum atomic E-state index is 0.165. The van der Waals surface area contributed by atoms with Gasteiger partial charge in [0, 0.05) is 20.0 Å². The Bertz CT molecular complexity index is 600. The van der Waals surface area contributed by atoms with Crippen LogP contribution in [0.3, 0.4) is 0 Å². The lowest BCUT2D eigenvalue weighted by molar-refractivity contribution is 0.519. The van der Waals surface area contributed by atoms with Crippen LogP contribution >= 0.6 is 0 Å². The number of aryl methyl sites for hydroxylation is 1. The number of fused-ring (bicyclic) bond motifs is 1. The highest BCUT2D eigenvalue weighted by Gasteiger charge is 2.25. The highest BCUT2D eigenvalue weighted by Crippen LogP contribution is 2.27. The monoisotopic (exact) mass is 270 g/mol. The van der Waals surface area contributed by atoms with E-state index in [1.165, 1.54) is 11.1 Å². The number of aromatic nitrogens is 3. The summed E-state index contributed by atoms with van der Waals surface area (Å²) in [6.45, 7) is 5.39. The average Bonchev–Trinajstić information content (AvgIpc) is 2.78. The second-order valence-electron chi connectivity index (χ2n) is 5.94. The van der Waals surface area contributed by atoms with Crippen molar-refractivity contribution in [2.45, 2.75) is 32.7 Å². The predicted molar refractivity (Wildman–Crippen MR) is 79.5 cm³/mol. The van der Waals surface area contributed by atoms with Gasteiger partial charge in [-0.1, -0.05) is 38.1 Å². The number of nitrogens with zero attached hydrogens (tertiary/aromatic N) is 3. The molecule has 0 spiro atoms. The molecule has 0 fully saturated rings. The summed E-state index contributed by atoms with van der Waals surface area (Å²) in [7, 11) is 1.99. The lowest BCUT2D eigenvalue weighted by atomic mass is 9.94. The van der Waals surface area contributed by atoms with E-state index in [0.29, 0.717) is 5.92 Å². The zero-order valence-electron chi connectivity index (χ0n) is 12.4. The van der Waals surface area contributed by atoms with E-state index >= 15 is 0 Å². The summed E-state index contributed by atoms with van der Waals surface area (Å²) >= 11 is 0. The molecule has 0 radical (unpaired) electrons. The van der Waals surface area contributed by atoms with Crippen LogP contribution < -0.4 is 5.32 Å². The van der Waals surface area contributed by atoms with Crippen LogP contribution in [0.25, 0.3) is 0 Å². The third kappa shape index (κ3) is 2.48. The normalized spacial score (nSPS) is 18.3. The molecular weight excluding hydrogens is 248 g/mol. The Balaban J connectivity index is 1.96. The Morgan fingerprint density at radius 2 is 2.15 bits per heavy atom. The Kier molecular flexibility index (Phi) is 3.57. The first kappa shape index (κ1) is 13.3. The summed E-state index contributed by atoms with van der Waals surface area (Å²) in [6.07, 6.45) is 2.02. The van der Waals surface area contributed by atoms with Crippen molar-refractivity contribution >= 4 is 0 Å². The van der Waals surface area contributed by atoms with Crippen LogP contribution in [0.2, 0.25) is 0 Å². The minimum absolute atomic E-state index is 0.165. The van der Waals surface area contributed by atoms with Crippen molar-refractivity contribution in [3.63, 3.8) is 0 Å². The molecule has 1 unspecified atom stereocenters. The van der Waals surface area contributed by atoms with Gasteiger partial charge in [0.25, 0.3) is 0 Å². The topological polar surface area (TPSA) is 42.7 Å². The lowest BCUT2D eigenvalue weighted by Gasteiger charge is -2.25. The molecule has 3 rings (SSSR count). The SMILES string of the molecule is CC(C)Cc1nc(C2NCCc3ccccc32)n(C)n1. The van der Waals surface area contributed by atoms with Gasteiger partial charge in [0.05, 0.1) is 6.04 Å². The molecule has 2 heterocycles. The predicted octanol–water partition coefficient (Wildman–Crippen LogP) is 2.25. The van der Waals surface area contributed by atoms with Crippen molar-refractivity contribution in [2.24, 2.45) is 13.0 Å². The van der Waals surface area contributed by atoms with E-state index in [1.807, 2.05) is 11.7 Å². The molecule has 0 saturated heterocycles. The average molecular weight is 270 g/mol. The quantitative estimate of drug-likeness (QED) is 0.930. The molecule has 106 valence electrons. The van der Waals surface area contributed by atoms with E-state index < -0.39 is 0 Å². The first-order valence-electron chi connectivity index (χ1n) is 7.36. The van der Waals surface area contributed by atoms with Crippen LogP contribution in [0.4, 0.5) is 0 Å². The number of benzene rings is 1. The van der Waals surface area contributed by atoms with E-state index in [-0.39, 0.29) is 6.04 Å². The third-order valence-corrected chi connectivity index (χ3v) is 3.80. The van der Waals surface area contributed by atoms with Gasteiger partial charge in [0.2, 0.25) is 0 Å². The van der Waals surface area contributed by atoms with Gasteiger partial charge >= 0.3 is 0 Å². The highest BCUT2D eigenvalue weighted by atomic mass is 15.3. The summed E-state index contributed by atoms with van der Waals surface area (Å²) < 4.78 is 1.93. The molecule has 1 aliphatic rings. The Morgan fingerprint density at radius 3 is 2.95 bits per heavy atom. The van der Waals surface area contributed by atoms with E-state index in [1.54, 1.807) is 0 Å². The minimum Gasteiger partial charge on any atom is -0.303 e. The molecule has 1 aliphatic heterocycles. The summed E-state index contributed by atoms with van der Waals surface area (Å²) in [4.78, 5) is 4.76. The molecule has 20 heavy (non-hydrogen) atoms. The molecule has 1 aromatic carbocycles. The van der Waals surface area contributed by atoms with Gasteiger partial charge in [0.15, 0.2) is 5.82 Å². The molecule has 0 saturated carbocycles. The van der Waals surface area contributed by atoms with Gasteiger partial charge in [-0.25, -0.2) is 4.98 Å². The van der Waals surface area contributed by atoms with Crippen LogP contribution in [-0.2, 0) is 19.9 Å². The molecule has 0 bridgehead atoms. The summed E-state index contributed by atoms with van der Waals surface area (Å²) in [5.41, 5.74) is 2.76. The number of rotatable bonds is 3. The van der Waals surface area contributed by atoms with Crippen molar-refractivity contribution in [1.82, 2.24) is 20.1 Å². The maximum atomic E-state index is 4.76. The van der Waals surface area contributed by atoms with Crippen molar-refractivity contribution in [3.05, 3.63) is 47.0 Å². The Labute approximate surface area is 120 Å². The van der Waals surface area contributed by atoms with Crippen LogP contribution in [0.15, 0.2) is 24.3 Å². The molecule has 2 aromatic rings. The third-order valence-electron chi connectivity index (χ3n) is 3.80. The number of nitrogens with one attached hydrogen (secondary N) is 1. The van der Waals surface area contributed by atoms with Crippen LogP contribution in [0.5, 0.6) is 0 Å². The van der Waals surface area contributed by atoms with E-state index in [4.69, 9.17) is 4.98 Å². The number of hydrogen-bond donors (Lipinski definition) is 1. The van der Waals surface area contributed by atoms with Crippen LogP contribution in [-0.4, -0.2) is 21.3 Å². The molecule has 0 aliphatic carbocycles. The van der Waals surface area contributed by atoms with Crippen molar-refractivity contribution in [3.8, 4) is 0 Å². The highest BCUT2D eigenvalue weighted by molar-refractivity contribution is 5.36. The smallest absolute Gasteiger partial charge is 0.151 e. The van der Waals surface area contributed by atoms with Gasteiger partial charge in [0.1, 0.15) is 5.82 Å². The molecule has 1 N–H and O–H groups in total. The van der Waals surface area contributed by atoms with Gasteiger partial charge in [-0.05, 0) is 23.5 Å². The fourth-order valence-electron chi connectivity index (χ4n) is 2.89. The maximum absolute atomic E-state index is 4.76. The standard InChI is InChI=1S/C16H22N4/c1-11(2)10-14-18-16(20(3)19-14)15-13-7-5-4-6-12(13)8-9-17-15/h4-7,11,15,17H,8-10H2,1-3H3. The first-order chi connectivity index (χ1) is 9.65. The van der Waals surface area contributed by atoms with Crippen molar-refractivity contribution < 1.29 is 0 Å². The second-order valence-corrected chi connectivity index (χ2v) is 5.94. The zero-order chi connectivity index (χ0) is 14.1.